The molecule has 1 aromatic heterocycles. The first-order valence-corrected chi connectivity index (χ1v) is 7.73. The van der Waals surface area contributed by atoms with Gasteiger partial charge in [-0.15, -0.1) is 0 Å². The van der Waals surface area contributed by atoms with Crippen molar-refractivity contribution in [2.45, 2.75) is 37.5 Å². The zero-order chi connectivity index (χ0) is 16.2. The van der Waals surface area contributed by atoms with Crippen LogP contribution >= 0.6 is 0 Å². The Hall–Kier alpha value is -2.46. The van der Waals surface area contributed by atoms with E-state index in [-0.39, 0.29) is 18.1 Å². The fraction of sp³-hybridized carbons (Fsp3) is 0.500. The second-order valence-corrected chi connectivity index (χ2v) is 5.78. The number of nitrogens with one attached hydrogen (secondary N) is 1. The predicted molar refractivity (Wildman–Crippen MR) is 80.2 cm³/mol. The molecule has 3 heterocycles. The van der Waals surface area contributed by atoms with Crippen molar-refractivity contribution in [1.82, 2.24) is 15.2 Å². The molecule has 3 rings (SSSR count). The van der Waals surface area contributed by atoms with Gasteiger partial charge in [0.05, 0.1) is 17.7 Å². The van der Waals surface area contributed by atoms with Crippen LogP contribution in [-0.2, 0) is 9.53 Å². The molecule has 0 spiro atoms. The molecule has 0 saturated carbocycles. The molecule has 2 aliphatic heterocycles. The molecular formula is C16H18N4O3. The van der Waals surface area contributed by atoms with Gasteiger partial charge in [0.2, 0.25) is 5.91 Å². The number of rotatable bonds is 3. The molecule has 3 atom stereocenters. The van der Waals surface area contributed by atoms with Gasteiger partial charge < -0.3 is 15.0 Å². The molecule has 7 heteroatoms. The summed E-state index contributed by atoms with van der Waals surface area (Å²) < 4.78 is 5.42. The third-order valence-corrected chi connectivity index (χ3v) is 4.24. The highest BCUT2D eigenvalue weighted by molar-refractivity contribution is 5.89. The Morgan fingerprint density at radius 2 is 2.35 bits per heavy atom. The molecule has 0 bridgehead atoms. The lowest BCUT2D eigenvalue weighted by Crippen LogP contribution is -2.45. The topological polar surface area (TPSA) is 95.3 Å². The van der Waals surface area contributed by atoms with Crippen molar-refractivity contribution < 1.29 is 14.3 Å². The van der Waals surface area contributed by atoms with Crippen LogP contribution in [0.3, 0.4) is 0 Å². The van der Waals surface area contributed by atoms with E-state index in [1.165, 1.54) is 6.20 Å². The van der Waals surface area contributed by atoms with Crippen LogP contribution in [0.4, 0.5) is 0 Å². The zero-order valence-electron chi connectivity index (χ0n) is 12.6. The van der Waals surface area contributed by atoms with Gasteiger partial charge in [0, 0.05) is 31.9 Å². The molecule has 1 aromatic rings. The van der Waals surface area contributed by atoms with Gasteiger partial charge in [-0.2, -0.15) is 5.26 Å². The lowest BCUT2D eigenvalue weighted by atomic mass is 10.1. The number of nitriles is 1. The first kappa shape index (κ1) is 15.4. The number of pyridine rings is 1. The third-order valence-electron chi connectivity index (χ3n) is 4.24. The van der Waals surface area contributed by atoms with Gasteiger partial charge in [-0.25, -0.2) is 4.79 Å². The predicted octanol–water partition coefficient (Wildman–Crippen LogP) is 0.483. The van der Waals surface area contributed by atoms with E-state index in [2.05, 4.69) is 16.4 Å². The Labute approximate surface area is 134 Å². The maximum atomic E-state index is 12.5. The van der Waals surface area contributed by atoms with Gasteiger partial charge in [0.15, 0.2) is 0 Å². The van der Waals surface area contributed by atoms with Gasteiger partial charge in [0.1, 0.15) is 12.1 Å². The van der Waals surface area contributed by atoms with Crippen molar-refractivity contribution in [3.8, 4) is 6.07 Å². The van der Waals surface area contributed by atoms with E-state index in [0.717, 1.165) is 12.8 Å². The van der Waals surface area contributed by atoms with Gasteiger partial charge in [-0.3, -0.25) is 9.78 Å². The van der Waals surface area contributed by atoms with E-state index in [1.807, 2.05) is 0 Å². The smallest absolute Gasteiger partial charge is 0.340 e. The summed E-state index contributed by atoms with van der Waals surface area (Å²) in [5.74, 6) is -0.511. The molecule has 120 valence electrons. The molecular weight excluding hydrogens is 296 g/mol. The minimum atomic E-state index is -0.436. The van der Waals surface area contributed by atoms with Crippen LogP contribution in [0, 0.1) is 11.3 Å². The first-order chi connectivity index (χ1) is 11.2. The molecule has 0 aliphatic carbocycles. The Morgan fingerprint density at radius 1 is 1.48 bits per heavy atom. The van der Waals surface area contributed by atoms with Crippen molar-refractivity contribution in [1.29, 1.82) is 5.26 Å². The summed E-state index contributed by atoms with van der Waals surface area (Å²) in [4.78, 5) is 30.0. The van der Waals surface area contributed by atoms with E-state index in [0.29, 0.717) is 25.1 Å². The van der Waals surface area contributed by atoms with E-state index < -0.39 is 12.0 Å². The maximum Gasteiger partial charge on any atom is 0.340 e. The minimum absolute atomic E-state index is 0.0750. The number of hydrogen-bond acceptors (Lipinski definition) is 6. The molecule has 2 unspecified atom stereocenters. The van der Waals surface area contributed by atoms with E-state index in [4.69, 9.17) is 10.00 Å². The lowest BCUT2D eigenvalue weighted by Gasteiger charge is -2.23. The Morgan fingerprint density at radius 3 is 3.09 bits per heavy atom. The summed E-state index contributed by atoms with van der Waals surface area (Å²) in [5, 5.41) is 12.2. The molecule has 2 aliphatic rings. The summed E-state index contributed by atoms with van der Waals surface area (Å²) in [6.45, 7) is 1.06. The standard InChI is InChI=1S/C16H18N4O3/c17-8-12-4-2-6-20(12)15(21)14-7-13(10-19-14)23-16(22)11-3-1-5-18-9-11/h1,3,5,9,12-14,19H,2,4,6-7,10H2/t12-,13?,14?/m0/s1. The number of hydrogen-bond donors (Lipinski definition) is 1. The largest absolute Gasteiger partial charge is 0.457 e. The SMILES string of the molecule is N#C[C@@H]1CCCN1C(=O)C1CC(OC(=O)c2cccnc2)CN1. The molecule has 23 heavy (non-hydrogen) atoms. The number of likely N-dealkylation sites (tertiary alicyclic amines) is 1. The molecule has 0 aromatic carbocycles. The van der Waals surface area contributed by atoms with E-state index in [9.17, 15) is 9.59 Å². The normalized spacial score (nSPS) is 26.7. The molecule has 1 amide bonds. The number of ether oxygens (including phenoxy) is 1. The number of carbonyl (C=O) groups excluding carboxylic acids is 2. The summed E-state index contributed by atoms with van der Waals surface area (Å²) in [6.07, 6.45) is 4.71. The number of amides is 1. The fourth-order valence-corrected chi connectivity index (χ4v) is 3.05. The molecule has 2 saturated heterocycles. The number of nitrogens with zero attached hydrogens (tertiary/aromatic N) is 3. The van der Waals surface area contributed by atoms with Crippen LogP contribution in [0.2, 0.25) is 0 Å². The monoisotopic (exact) mass is 314 g/mol. The number of carbonyl (C=O) groups is 2. The average molecular weight is 314 g/mol. The van der Waals surface area contributed by atoms with Crippen molar-refractivity contribution in [3.05, 3.63) is 30.1 Å². The van der Waals surface area contributed by atoms with Crippen LogP contribution in [0.5, 0.6) is 0 Å². The second-order valence-electron chi connectivity index (χ2n) is 5.78. The van der Waals surface area contributed by atoms with Crippen LogP contribution in [0.25, 0.3) is 0 Å². The van der Waals surface area contributed by atoms with E-state index in [1.54, 1.807) is 23.2 Å². The Kier molecular flexibility index (Phi) is 4.53. The number of esters is 1. The molecule has 1 N–H and O–H groups in total. The molecule has 2 fully saturated rings. The highest BCUT2D eigenvalue weighted by Crippen LogP contribution is 2.21. The van der Waals surface area contributed by atoms with Gasteiger partial charge in [-0.05, 0) is 25.0 Å². The number of aromatic nitrogens is 1. The first-order valence-electron chi connectivity index (χ1n) is 7.73. The Bertz CT molecular complexity index is 628. The van der Waals surface area contributed by atoms with Crippen LogP contribution in [0.15, 0.2) is 24.5 Å². The van der Waals surface area contributed by atoms with Gasteiger partial charge >= 0.3 is 5.97 Å². The maximum absolute atomic E-state index is 12.5. The van der Waals surface area contributed by atoms with Crippen molar-refractivity contribution in [2.75, 3.05) is 13.1 Å². The second kappa shape index (κ2) is 6.75. The summed E-state index contributed by atoms with van der Waals surface area (Å²) in [5.41, 5.74) is 0.395. The van der Waals surface area contributed by atoms with Crippen molar-refractivity contribution >= 4 is 11.9 Å². The molecule has 7 nitrogen and oxygen atoms in total. The van der Waals surface area contributed by atoms with E-state index >= 15 is 0 Å². The third kappa shape index (κ3) is 3.32. The summed E-state index contributed by atoms with van der Waals surface area (Å²) in [6, 6.07) is 4.76. The summed E-state index contributed by atoms with van der Waals surface area (Å²) in [7, 11) is 0. The van der Waals surface area contributed by atoms with Crippen molar-refractivity contribution in [2.24, 2.45) is 0 Å². The molecule has 0 radical (unpaired) electrons. The van der Waals surface area contributed by atoms with Crippen LogP contribution in [0.1, 0.15) is 29.6 Å². The van der Waals surface area contributed by atoms with Gasteiger partial charge in [-0.1, -0.05) is 0 Å². The lowest BCUT2D eigenvalue weighted by molar-refractivity contribution is -0.133. The highest BCUT2D eigenvalue weighted by atomic mass is 16.5. The average Bonchev–Trinajstić information content (AvgIpc) is 3.24. The highest BCUT2D eigenvalue weighted by Gasteiger charge is 2.38. The quantitative estimate of drug-likeness (QED) is 0.816. The Balaban J connectivity index is 1.55. The summed E-state index contributed by atoms with van der Waals surface area (Å²) >= 11 is 0. The van der Waals surface area contributed by atoms with Gasteiger partial charge in [0.25, 0.3) is 0 Å². The minimum Gasteiger partial charge on any atom is -0.457 e. The fourth-order valence-electron chi connectivity index (χ4n) is 3.05. The van der Waals surface area contributed by atoms with Crippen LogP contribution < -0.4 is 5.32 Å². The van der Waals surface area contributed by atoms with Crippen molar-refractivity contribution in [3.63, 3.8) is 0 Å². The van der Waals surface area contributed by atoms with Crippen LogP contribution in [-0.4, -0.2) is 53.0 Å². The zero-order valence-corrected chi connectivity index (χ0v) is 12.6.